The highest BCUT2D eigenvalue weighted by Crippen LogP contribution is 2.21. The van der Waals surface area contributed by atoms with Crippen molar-refractivity contribution in [3.63, 3.8) is 0 Å². The third kappa shape index (κ3) is 4.45. The fourth-order valence-corrected chi connectivity index (χ4v) is 2.16. The summed E-state index contributed by atoms with van der Waals surface area (Å²) < 4.78 is 13.5. The van der Waals surface area contributed by atoms with Crippen molar-refractivity contribution in [2.45, 2.75) is 20.4 Å². The van der Waals surface area contributed by atoms with Gasteiger partial charge in [-0.25, -0.2) is 9.18 Å². The molecule has 4 nitrogen and oxygen atoms in total. The Kier molecular flexibility index (Phi) is 5.21. The summed E-state index contributed by atoms with van der Waals surface area (Å²) >= 11 is 0. The number of anilines is 2. The number of halogens is 1. The van der Waals surface area contributed by atoms with Crippen LogP contribution in [-0.4, -0.2) is 20.1 Å². The molecule has 5 heteroatoms. The van der Waals surface area contributed by atoms with Crippen LogP contribution in [0.4, 0.5) is 20.6 Å². The fraction of sp³-hybridized carbons (Fsp3) is 0.278. The van der Waals surface area contributed by atoms with Crippen molar-refractivity contribution < 1.29 is 9.18 Å². The molecule has 0 atom stereocenters. The first kappa shape index (κ1) is 16.8. The molecule has 0 bridgehead atoms. The number of nitrogens with zero attached hydrogens (tertiary/aromatic N) is 1. The van der Waals surface area contributed by atoms with E-state index in [9.17, 15) is 9.18 Å². The maximum atomic E-state index is 13.5. The number of carbonyl (C=O) groups excluding carboxylic acids is 1. The monoisotopic (exact) mass is 315 g/mol. The molecule has 2 amide bonds. The number of hydrogen-bond acceptors (Lipinski definition) is 2. The summed E-state index contributed by atoms with van der Waals surface area (Å²) in [5.74, 6) is -0.264. The second-order valence-corrected chi connectivity index (χ2v) is 5.78. The van der Waals surface area contributed by atoms with Crippen LogP contribution in [0.3, 0.4) is 0 Å². The molecule has 2 aromatic carbocycles. The predicted octanol–water partition coefficient (Wildman–Crippen LogP) is 3.83. The van der Waals surface area contributed by atoms with Crippen molar-refractivity contribution in [3.05, 3.63) is 58.9 Å². The highest BCUT2D eigenvalue weighted by atomic mass is 19.1. The number of hydrogen-bond donors (Lipinski definition) is 2. The molecule has 0 aliphatic carbocycles. The molecule has 122 valence electrons. The lowest BCUT2D eigenvalue weighted by molar-refractivity contribution is 0.251. The number of rotatable bonds is 4. The zero-order valence-electron chi connectivity index (χ0n) is 13.9. The van der Waals surface area contributed by atoms with Gasteiger partial charge in [0.2, 0.25) is 0 Å². The van der Waals surface area contributed by atoms with E-state index in [-0.39, 0.29) is 18.4 Å². The van der Waals surface area contributed by atoms with Crippen molar-refractivity contribution in [2.24, 2.45) is 0 Å². The number of benzene rings is 2. The molecule has 0 heterocycles. The minimum Gasteiger partial charge on any atom is -0.378 e. The number of amides is 2. The SMILES string of the molecule is Cc1ccc(CNC(=O)Nc2ccc(N(C)C)cc2C)cc1F. The highest BCUT2D eigenvalue weighted by molar-refractivity contribution is 5.90. The van der Waals surface area contributed by atoms with Gasteiger partial charge in [0.15, 0.2) is 0 Å². The standard InChI is InChI=1S/C18H22FN3O/c1-12-5-6-14(10-16(12)19)11-20-18(23)21-17-8-7-15(22(3)4)9-13(17)2/h5-10H,11H2,1-4H3,(H2,20,21,23). The van der Waals surface area contributed by atoms with Crippen LogP contribution >= 0.6 is 0 Å². The zero-order chi connectivity index (χ0) is 17.0. The summed E-state index contributed by atoms with van der Waals surface area (Å²) in [7, 11) is 3.94. The lowest BCUT2D eigenvalue weighted by Crippen LogP contribution is -2.28. The Morgan fingerprint density at radius 1 is 1.09 bits per heavy atom. The molecule has 0 saturated carbocycles. The molecule has 23 heavy (non-hydrogen) atoms. The van der Waals surface area contributed by atoms with Crippen molar-refractivity contribution >= 4 is 17.4 Å². The molecule has 0 radical (unpaired) electrons. The smallest absolute Gasteiger partial charge is 0.319 e. The normalized spacial score (nSPS) is 10.3. The minimum atomic E-state index is -0.313. The summed E-state index contributed by atoms with van der Waals surface area (Å²) in [6.45, 7) is 3.93. The fourth-order valence-electron chi connectivity index (χ4n) is 2.16. The van der Waals surface area contributed by atoms with E-state index in [0.717, 1.165) is 22.5 Å². The summed E-state index contributed by atoms with van der Waals surface area (Å²) in [6.07, 6.45) is 0. The maximum Gasteiger partial charge on any atom is 0.319 e. The van der Waals surface area contributed by atoms with Gasteiger partial charge >= 0.3 is 6.03 Å². The van der Waals surface area contributed by atoms with Crippen molar-refractivity contribution in [2.75, 3.05) is 24.3 Å². The number of aryl methyl sites for hydroxylation is 2. The molecule has 0 spiro atoms. The Hall–Kier alpha value is -2.56. The van der Waals surface area contributed by atoms with E-state index in [0.29, 0.717) is 5.56 Å². The molecule has 0 aromatic heterocycles. The van der Waals surface area contributed by atoms with Crippen LogP contribution in [-0.2, 0) is 6.54 Å². The Morgan fingerprint density at radius 3 is 2.43 bits per heavy atom. The van der Waals surface area contributed by atoms with E-state index in [4.69, 9.17) is 0 Å². The van der Waals surface area contributed by atoms with Crippen molar-refractivity contribution in [1.82, 2.24) is 5.32 Å². The highest BCUT2D eigenvalue weighted by Gasteiger charge is 2.06. The number of nitrogens with one attached hydrogen (secondary N) is 2. The van der Waals surface area contributed by atoms with E-state index in [1.165, 1.54) is 6.07 Å². The van der Waals surface area contributed by atoms with Crippen LogP contribution < -0.4 is 15.5 Å². The largest absolute Gasteiger partial charge is 0.378 e. The van der Waals surface area contributed by atoms with Gasteiger partial charge in [-0.3, -0.25) is 0 Å². The van der Waals surface area contributed by atoms with E-state index >= 15 is 0 Å². The van der Waals surface area contributed by atoms with Crippen molar-refractivity contribution in [1.29, 1.82) is 0 Å². The first-order chi connectivity index (χ1) is 10.9. The van der Waals surface area contributed by atoms with Gasteiger partial charge in [0, 0.05) is 32.0 Å². The van der Waals surface area contributed by atoms with Gasteiger partial charge in [0.1, 0.15) is 5.82 Å². The van der Waals surface area contributed by atoms with Crippen LogP contribution in [0, 0.1) is 19.7 Å². The van der Waals surface area contributed by atoms with E-state index in [2.05, 4.69) is 10.6 Å². The lowest BCUT2D eigenvalue weighted by Gasteiger charge is -2.16. The third-order valence-corrected chi connectivity index (χ3v) is 3.66. The molecule has 0 fully saturated rings. The molecule has 0 aliphatic rings. The van der Waals surface area contributed by atoms with Gasteiger partial charge in [0.05, 0.1) is 0 Å². The van der Waals surface area contributed by atoms with Crippen molar-refractivity contribution in [3.8, 4) is 0 Å². The van der Waals surface area contributed by atoms with Gasteiger partial charge in [-0.2, -0.15) is 0 Å². The van der Waals surface area contributed by atoms with Gasteiger partial charge < -0.3 is 15.5 Å². The lowest BCUT2D eigenvalue weighted by atomic mass is 10.1. The quantitative estimate of drug-likeness (QED) is 0.900. The molecule has 2 rings (SSSR count). The summed E-state index contributed by atoms with van der Waals surface area (Å²) in [6, 6.07) is 10.4. The molecule has 2 N–H and O–H groups in total. The van der Waals surface area contributed by atoms with Crippen LogP contribution in [0.1, 0.15) is 16.7 Å². The van der Waals surface area contributed by atoms with Gasteiger partial charge in [0.25, 0.3) is 0 Å². The molecule has 0 saturated heterocycles. The second kappa shape index (κ2) is 7.13. The average molecular weight is 315 g/mol. The first-order valence-electron chi connectivity index (χ1n) is 7.44. The van der Waals surface area contributed by atoms with Crippen LogP contribution in [0.15, 0.2) is 36.4 Å². The third-order valence-electron chi connectivity index (χ3n) is 3.66. The van der Waals surface area contributed by atoms with Gasteiger partial charge in [-0.15, -0.1) is 0 Å². The summed E-state index contributed by atoms with van der Waals surface area (Å²) in [5.41, 5.74) is 4.12. The Labute approximate surface area is 136 Å². The molecule has 2 aromatic rings. The number of carbonyl (C=O) groups is 1. The van der Waals surface area contributed by atoms with Crippen LogP contribution in [0.2, 0.25) is 0 Å². The Balaban J connectivity index is 1.95. The number of urea groups is 1. The zero-order valence-corrected chi connectivity index (χ0v) is 13.9. The van der Waals surface area contributed by atoms with E-state index in [1.807, 2.05) is 44.1 Å². The Morgan fingerprint density at radius 2 is 1.83 bits per heavy atom. The molecular weight excluding hydrogens is 293 g/mol. The Bertz CT molecular complexity index is 713. The van der Waals surface area contributed by atoms with Crippen LogP contribution in [0.25, 0.3) is 0 Å². The van der Waals surface area contributed by atoms with Gasteiger partial charge in [-0.05, 0) is 54.8 Å². The molecule has 0 unspecified atom stereocenters. The summed E-state index contributed by atoms with van der Waals surface area (Å²) in [4.78, 5) is 14.0. The average Bonchev–Trinajstić information content (AvgIpc) is 2.50. The molecular formula is C18H22FN3O. The van der Waals surface area contributed by atoms with E-state index in [1.54, 1.807) is 19.1 Å². The van der Waals surface area contributed by atoms with E-state index < -0.39 is 0 Å². The predicted molar refractivity (Wildman–Crippen MR) is 92.5 cm³/mol. The van der Waals surface area contributed by atoms with Crippen LogP contribution in [0.5, 0.6) is 0 Å². The maximum absolute atomic E-state index is 13.5. The topological polar surface area (TPSA) is 44.4 Å². The minimum absolute atomic E-state index is 0.264. The first-order valence-corrected chi connectivity index (χ1v) is 7.44. The summed E-state index contributed by atoms with van der Waals surface area (Å²) in [5, 5.41) is 5.54. The molecule has 0 aliphatic heterocycles. The van der Waals surface area contributed by atoms with Gasteiger partial charge in [-0.1, -0.05) is 12.1 Å². The second-order valence-electron chi connectivity index (χ2n) is 5.78.